The first-order valence-corrected chi connectivity index (χ1v) is 6.70. The molecule has 1 saturated carbocycles. The lowest BCUT2D eigenvalue weighted by molar-refractivity contribution is -0.0357. The highest BCUT2D eigenvalue weighted by molar-refractivity contribution is 5.44. The third-order valence-electron chi connectivity index (χ3n) is 4.56. The fourth-order valence-corrected chi connectivity index (χ4v) is 3.38. The van der Waals surface area contributed by atoms with Crippen LogP contribution in [0.4, 0.5) is 0 Å². The summed E-state index contributed by atoms with van der Waals surface area (Å²) in [6.45, 7) is 2.23. The first-order chi connectivity index (χ1) is 8.64. The van der Waals surface area contributed by atoms with Gasteiger partial charge in [-0.3, -0.25) is 0 Å². The summed E-state index contributed by atoms with van der Waals surface area (Å²) < 4.78 is 11.4. The minimum atomic E-state index is -0.440. The lowest BCUT2D eigenvalue weighted by Crippen LogP contribution is -2.43. The molecule has 2 aliphatic rings. The molecule has 1 heterocycles. The van der Waals surface area contributed by atoms with Gasteiger partial charge in [-0.2, -0.15) is 0 Å². The van der Waals surface area contributed by atoms with Gasteiger partial charge in [-0.15, -0.1) is 0 Å². The van der Waals surface area contributed by atoms with Crippen LogP contribution in [0.15, 0.2) is 18.2 Å². The van der Waals surface area contributed by atoms with Gasteiger partial charge in [-0.1, -0.05) is 6.92 Å². The Morgan fingerprint density at radius 3 is 2.94 bits per heavy atom. The lowest BCUT2D eigenvalue weighted by atomic mass is 9.82. The van der Waals surface area contributed by atoms with Crippen molar-refractivity contribution in [3.63, 3.8) is 0 Å². The number of hydrogen-bond donors (Lipinski definition) is 1. The number of aliphatic hydroxyl groups excluding tert-OH is 1. The van der Waals surface area contributed by atoms with Crippen LogP contribution >= 0.6 is 0 Å². The Kier molecular flexibility index (Phi) is 2.74. The number of hydrogen-bond acceptors (Lipinski definition) is 3. The van der Waals surface area contributed by atoms with E-state index in [0.29, 0.717) is 12.3 Å². The molecule has 0 aromatic heterocycles. The molecule has 3 nitrogen and oxygen atoms in total. The number of fused-ring (bicyclic) bond motifs is 1. The number of rotatable bonds is 1. The average Bonchev–Trinajstić information content (AvgIpc) is 2.70. The molecule has 3 rings (SSSR count). The predicted octanol–water partition coefficient (Wildman–Crippen LogP) is 3.07. The van der Waals surface area contributed by atoms with Crippen LogP contribution in [0.25, 0.3) is 0 Å². The van der Waals surface area contributed by atoms with Crippen LogP contribution in [0, 0.1) is 5.92 Å². The molecule has 98 valence electrons. The topological polar surface area (TPSA) is 38.7 Å². The van der Waals surface area contributed by atoms with Crippen molar-refractivity contribution in [1.29, 1.82) is 0 Å². The Morgan fingerprint density at radius 2 is 2.28 bits per heavy atom. The summed E-state index contributed by atoms with van der Waals surface area (Å²) in [4.78, 5) is 0. The molecule has 1 aromatic carbocycles. The van der Waals surface area contributed by atoms with Crippen molar-refractivity contribution >= 4 is 0 Å². The van der Waals surface area contributed by atoms with E-state index in [1.165, 1.54) is 12.8 Å². The molecule has 0 bridgehead atoms. The van der Waals surface area contributed by atoms with Crippen LogP contribution in [0.5, 0.6) is 11.5 Å². The van der Waals surface area contributed by atoms with Gasteiger partial charge in [-0.25, -0.2) is 0 Å². The largest absolute Gasteiger partial charge is 0.497 e. The van der Waals surface area contributed by atoms with Crippen LogP contribution in [0.3, 0.4) is 0 Å². The molecule has 3 unspecified atom stereocenters. The standard InChI is InChI=1S/C15H20O3/c1-10-4-3-7-15(10)9-13(16)12-8-11(17-2)5-6-14(12)18-15/h5-6,8,10,13,16H,3-4,7,9H2,1-2H3. The smallest absolute Gasteiger partial charge is 0.126 e. The monoisotopic (exact) mass is 248 g/mol. The normalized spacial score (nSPS) is 34.2. The zero-order chi connectivity index (χ0) is 12.8. The molecule has 1 fully saturated rings. The Morgan fingerprint density at radius 1 is 1.44 bits per heavy atom. The predicted molar refractivity (Wildman–Crippen MR) is 68.9 cm³/mol. The highest BCUT2D eigenvalue weighted by Gasteiger charge is 2.47. The molecule has 1 aliphatic heterocycles. The van der Waals surface area contributed by atoms with Crippen molar-refractivity contribution in [2.45, 2.75) is 44.3 Å². The second-order valence-electron chi connectivity index (χ2n) is 5.58. The SMILES string of the molecule is COc1ccc2c(c1)C(O)CC1(CCCC1C)O2. The second kappa shape index (κ2) is 4.16. The lowest BCUT2D eigenvalue weighted by Gasteiger charge is -2.41. The van der Waals surface area contributed by atoms with Crippen LogP contribution in [-0.2, 0) is 0 Å². The summed E-state index contributed by atoms with van der Waals surface area (Å²) in [5.74, 6) is 2.11. The Hall–Kier alpha value is -1.22. The van der Waals surface area contributed by atoms with E-state index in [2.05, 4.69) is 6.92 Å². The van der Waals surface area contributed by atoms with Crippen LogP contribution in [0.1, 0.15) is 44.3 Å². The maximum absolute atomic E-state index is 10.4. The van der Waals surface area contributed by atoms with E-state index in [4.69, 9.17) is 9.47 Å². The number of benzene rings is 1. The summed E-state index contributed by atoms with van der Waals surface area (Å²) >= 11 is 0. The molecule has 3 heteroatoms. The minimum Gasteiger partial charge on any atom is -0.497 e. The number of aliphatic hydroxyl groups is 1. The second-order valence-corrected chi connectivity index (χ2v) is 5.58. The van der Waals surface area contributed by atoms with E-state index in [1.807, 2.05) is 18.2 Å². The van der Waals surface area contributed by atoms with Crippen molar-refractivity contribution in [2.75, 3.05) is 7.11 Å². The van der Waals surface area contributed by atoms with Gasteiger partial charge in [0.15, 0.2) is 0 Å². The van der Waals surface area contributed by atoms with Crippen molar-refractivity contribution < 1.29 is 14.6 Å². The molecule has 1 spiro atoms. The number of methoxy groups -OCH3 is 1. The van der Waals surface area contributed by atoms with Gasteiger partial charge in [0, 0.05) is 12.0 Å². The van der Waals surface area contributed by atoms with E-state index in [1.54, 1.807) is 7.11 Å². The molecule has 18 heavy (non-hydrogen) atoms. The van der Waals surface area contributed by atoms with Gasteiger partial charge in [0.2, 0.25) is 0 Å². The van der Waals surface area contributed by atoms with Crippen LogP contribution in [0.2, 0.25) is 0 Å². The number of ether oxygens (including phenoxy) is 2. The van der Waals surface area contributed by atoms with Crippen molar-refractivity contribution in [2.24, 2.45) is 5.92 Å². The van der Waals surface area contributed by atoms with Crippen molar-refractivity contribution in [3.8, 4) is 11.5 Å². The fraction of sp³-hybridized carbons (Fsp3) is 0.600. The first kappa shape index (κ1) is 11.8. The minimum absolute atomic E-state index is 0.152. The molecule has 0 amide bonds. The quantitative estimate of drug-likeness (QED) is 0.830. The van der Waals surface area contributed by atoms with E-state index in [0.717, 1.165) is 23.5 Å². The summed E-state index contributed by atoms with van der Waals surface area (Å²) in [6, 6.07) is 5.69. The van der Waals surface area contributed by atoms with Crippen LogP contribution < -0.4 is 9.47 Å². The molecule has 3 atom stereocenters. The summed E-state index contributed by atoms with van der Waals surface area (Å²) in [7, 11) is 1.64. The summed E-state index contributed by atoms with van der Waals surface area (Å²) in [5.41, 5.74) is 0.708. The molecule has 0 saturated heterocycles. The highest BCUT2D eigenvalue weighted by atomic mass is 16.5. The highest BCUT2D eigenvalue weighted by Crippen LogP contribution is 2.50. The van der Waals surface area contributed by atoms with Gasteiger partial charge in [-0.05, 0) is 43.4 Å². The first-order valence-electron chi connectivity index (χ1n) is 6.70. The maximum atomic E-state index is 10.4. The zero-order valence-corrected chi connectivity index (χ0v) is 11.0. The fourth-order valence-electron chi connectivity index (χ4n) is 3.38. The van der Waals surface area contributed by atoms with Crippen LogP contribution in [-0.4, -0.2) is 17.8 Å². The van der Waals surface area contributed by atoms with E-state index in [9.17, 15) is 5.11 Å². The maximum Gasteiger partial charge on any atom is 0.126 e. The molecular formula is C15H20O3. The Balaban J connectivity index is 1.98. The Bertz CT molecular complexity index is 457. The third kappa shape index (κ3) is 1.69. The molecular weight excluding hydrogens is 228 g/mol. The van der Waals surface area contributed by atoms with E-state index in [-0.39, 0.29) is 5.60 Å². The van der Waals surface area contributed by atoms with E-state index < -0.39 is 6.10 Å². The van der Waals surface area contributed by atoms with Gasteiger partial charge in [0.25, 0.3) is 0 Å². The van der Waals surface area contributed by atoms with E-state index >= 15 is 0 Å². The summed E-state index contributed by atoms with van der Waals surface area (Å²) in [5, 5.41) is 10.4. The Labute approximate surface area is 108 Å². The van der Waals surface area contributed by atoms with Crippen molar-refractivity contribution in [3.05, 3.63) is 23.8 Å². The van der Waals surface area contributed by atoms with Gasteiger partial charge in [0.1, 0.15) is 17.1 Å². The molecule has 1 aliphatic carbocycles. The summed E-state index contributed by atoms with van der Waals surface area (Å²) in [6.07, 6.45) is 3.70. The molecule has 0 radical (unpaired) electrons. The zero-order valence-electron chi connectivity index (χ0n) is 11.0. The van der Waals surface area contributed by atoms with Gasteiger partial charge in [0.05, 0.1) is 13.2 Å². The molecule has 1 N–H and O–H groups in total. The molecule has 1 aromatic rings. The average molecular weight is 248 g/mol. The van der Waals surface area contributed by atoms with Crippen molar-refractivity contribution in [1.82, 2.24) is 0 Å². The third-order valence-corrected chi connectivity index (χ3v) is 4.56. The van der Waals surface area contributed by atoms with Gasteiger partial charge >= 0.3 is 0 Å². The van der Waals surface area contributed by atoms with Gasteiger partial charge < -0.3 is 14.6 Å².